The van der Waals surface area contributed by atoms with E-state index in [4.69, 9.17) is 0 Å². The maximum atomic E-state index is 13.4. The lowest BCUT2D eigenvalue weighted by atomic mass is 10.1. The van der Waals surface area contributed by atoms with Gasteiger partial charge in [-0.1, -0.05) is 30.3 Å². The topological polar surface area (TPSA) is 24.9 Å². The second-order valence-corrected chi connectivity index (χ2v) is 4.43. The van der Waals surface area contributed by atoms with Crippen LogP contribution in [0.4, 0.5) is 23.2 Å². The Morgan fingerprint density at radius 1 is 1.00 bits per heavy atom. The lowest BCUT2D eigenvalue weighted by Crippen LogP contribution is -2.21. The van der Waals surface area contributed by atoms with Crippen molar-refractivity contribution in [3.05, 3.63) is 59.4 Å². The van der Waals surface area contributed by atoms with Gasteiger partial charge in [0.25, 0.3) is 11.9 Å². The molecule has 0 aliphatic rings. The summed E-state index contributed by atoms with van der Waals surface area (Å²) in [6, 6.07) is 8.78. The van der Waals surface area contributed by atoms with Gasteiger partial charge in [0.2, 0.25) is 11.6 Å². The number of nitrogens with one attached hydrogen (secondary N) is 1. The zero-order valence-corrected chi connectivity index (χ0v) is 10.6. The molecule has 106 valence electrons. The molecule has 0 radical (unpaired) electrons. The Bertz CT molecular complexity index is 576. The summed E-state index contributed by atoms with van der Waals surface area (Å²) in [5.41, 5.74) is 0.0988. The minimum atomic E-state index is -1.67. The van der Waals surface area contributed by atoms with Gasteiger partial charge >= 0.3 is 0 Å². The molecule has 0 saturated heterocycles. The molecule has 1 aromatic heterocycles. The van der Waals surface area contributed by atoms with E-state index in [2.05, 4.69) is 10.3 Å². The van der Waals surface area contributed by atoms with Crippen molar-refractivity contribution in [2.45, 2.75) is 19.4 Å². The fraction of sp³-hybridized carbons (Fsp3) is 0.214. The molecule has 0 unspecified atom stereocenters. The predicted molar refractivity (Wildman–Crippen MR) is 67.3 cm³/mol. The van der Waals surface area contributed by atoms with Crippen LogP contribution in [0.15, 0.2) is 30.3 Å². The van der Waals surface area contributed by atoms with Crippen LogP contribution in [0.1, 0.15) is 12.5 Å². The zero-order valence-electron chi connectivity index (χ0n) is 10.6. The average molecular weight is 284 g/mol. The molecule has 1 atom stereocenters. The summed E-state index contributed by atoms with van der Waals surface area (Å²) in [6.07, 6.45) is 0.450. The van der Waals surface area contributed by atoms with Crippen LogP contribution in [0.3, 0.4) is 0 Å². The van der Waals surface area contributed by atoms with Gasteiger partial charge in [-0.2, -0.15) is 22.5 Å². The Labute approximate surface area is 113 Å². The van der Waals surface area contributed by atoms with E-state index in [0.717, 1.165) is 5.56 Å². The smallest absolute Gasteiger partial charge is 0.253 e. The number of nitrogens with zero attached hydrogens (tertiary/aromatic N) is 1. The number of rotatable bonds is 4. The number of pyridine rings is 1. The minimum absolute atomic E-state index is 0.414. The van der Waals surface area contributed by atoms with Gasteiger partial charge in [-0.05, 0) is 18.9 Å². The molecule has 0 aliphatic heterocycles. The highest BCUT2D eigenvalue weighted by Crippen LogP contribution is 2.23. The molecule has 1 N–H and O–H groups in total. The van der Waals surface area contributed by atoms with Crippen LogP contribution in [-0.2, 0) is 6.42 Å². The predicted octanol–water partition coefficient (Wildman–Crippen LogP) is 3.68. The normalized spacial score (nSPS) is 12.2. The molecule has 6 heteroatoms. The number of hydrogen-bond donors (Lipinski definition) is 1. The first-order valence-corrected chi connectivity index (χ1v) is 5.99. The summed E-state index contributed by atoms with van der Waals surface area (Å²) in [5.74, 6) is -6.38. The Morgan fingerprint density at radius 3 is 2.10 bits per heavy atom. The highest BCUT2D eigenvalue weighted by atomic mass is 19.2. The fourth-order valence-corrected chi connectivity index (χ4v) is 1.88. The highest BCUT2D eigenvalue weighted by molar-refractivity contribution is 5.46. The molecule has 0 bridgehead atoms. The second-order valence-electron chi connectivity index (χ2n) is 4.43. The number of hydrogen-bond acceptors (Lipinski definition) is 2. The molecule has 0 fully saturated rings. The van der Waals surface area contributed by atoms with Gasteiger partial charge < -0.3 is 5.32 Å². The number of benzene rings is 1. The lowest BCUT2D eigenvalue weighted by Gasteiger charge is -2.16. The molecule has 2 aromatic rings. The first-order valence-electron chi connectivity index (χ1n) is 5.99. The fourth-order valence-electron chi connectivity index (χ4n) is 1.88. The van der Waals surface area contributed by atoms with Gasteiger partial charge in [0.05, 0.1) is 0 Å². The van der Waals surface area contributed by atoms with Crippen molar-refractivity contribution in [1.82, 2.24) is 4.98 Å². The van der Waals surface area contributed by atoms with E-state index >= 15 is 0 Å². The summed E-state index contributed by atoms with van der Waals surface area (Å²) in [7, 11) is 0. The number of aromatic nitrogens is 1. The molecular formula is C14H12F4N2. The van der Waals surface area contributed by atoms with Crippen molar-refractivity contribution < 1.29 is 17.6 Å². The minimum Gasteiger partial charge on any atom is -0.377 e. The Morgan fingerprint density at radius 2 is 1.55 bits per heavy atom. The van der Waals surface area contributed by atoms with E-state index in [1.165, 1.54) is 0 Å². The molecule has 1 heterocycles. The molecule has 1 aromatic carbocycles. The van der Waals surface area contributed by atoms with Crippen molar-refractivity contribution >= 4 is 5.69 Å². The monoisotopic (exact) mass is 284 g/mol. The highest BCUT2D eigenvalue weighted by Gasteiger charge is 2.21. The van der Waals surface area contributed by atoms with Crippen LogP contribution in [0, 0.1) is 23.5 Å². The van der Waals surface area contributed by atoms with Gasteiger partial charge in [-0.25, -0.2) is 0 Å². The summed E-state index contributed by atoms with van der Waals surface area (Å²) in [5, 5.41) is 2.44. The van der Waals surface area contributed by atoms with Crippen LogP contribution in [0.2, 0.25) is 0 Å². The Kier molecular flexibility index (Phi) is 4.22. The van der Waals surface area contributed by atoms with Crippen LogP contribution in [0.5, 0.6) is 0 Å². The summed E-state index contributed by atoms with van der Waals surface area (Å²) >= 11 is 0. The lowest BCUT2D eigenvalue weighted by molar-refractivity contribution is 0.409. The van der Waals surface area contributed by atoms with Crippen LogP contribution < -0.4 is 5.32 Å². The van der Waals surface area contributed by atoms with Gasteiger partial charge in [0.1, 0.15) is 5.69 Å². The second kappa shape index (κ2) is 5.90. The molecule has 0 amide bonds. The molecule has 2 nitrogen and oxygen atoms in total. The summed E-state index contributed by atoms with van der Waals surface area (Å²) < 4.78 is 52.8. The van der Waals surface area contributed by atoms with E-state index in [0.29, 0.717) is 6.42 Å². The van der Waals surface area contributed by atoms with Crippen molar-refractivity contribution in [1.29, 1.82) is 0 Å². The number of halogens is 4. The third kappa shape index (κ3) is 3.07. The standard InChI is InChI=1S/C14H12F4N2/c1-8(7-9-5-3-2-4-6-9)19-12-10(15)13(17)20-14(18)11(12)16/h2-6,8H,7H2,1H3,(H,19,20)/t8-/m1/s1. The van der Waals surface area contributed by atoms with Gasteiger partial charge in [0.15, 0.2) is 0 Å². The first kappa shape index (κ1) is 14.3. The van der Waals surface area contributed by atoms with Crippen molar-refractivity contribution in [2.75, 3.05) is 5.32 Å². The third-order valence-electron chi connectivity index (χ3n) is 2.77. The zero-order chi connectivity index (χ0) is 14.7. The summed E-state index contributed by atoms with van der Waals surface area (Å²) in [4.78, 5) is 2.50. The quantitative estimate of drug-likeness (QED) is 0.684. The largest absolute Gasteiger partial charge is 0.377 e. The average Bonchev–Trinajstić information content (AvgIpc) is 2.42. The van der Waals surface area contributed by atoms with Gasteiger partial charge in [-0.15, -0.1) is 0 Å². The van der Waals surface area contributed by atoms with Crippen LogP contribution >= 0.6 is 0 Å². The van der Waals surface area contributed by atoms with E-state index < -0.39 is 35.3 Å². The van der Waals surface area contributed by atoms with E-state index in [1.54, 1.807) is 6.92 Å². The van der Waals surface area contributed by atoms with Crippen LogP contribution in [-0.4, -0.2) is 11.0 Å². The Balaban J connectivity index is 2.18. The maximum absolute atomic E-state index is 13.4. The van der Waals surface area contributed by atoms with Crippen molar-refractivity contribution in [3.63, 3.8) is 0 Å². The van der Waals surface area contributed by atoms with Gasteiger partial charge in [0, 0.05) is 6.04 Å². The molecule has 0 saturated carbocycles. The maximum Gasteiger partial charge on any atom is 0.253 e. The van der Waals surface area contributed by atoms with Crippen LogP contribution in [0.25, 0.3) is 0 Å². The molecule has 0 aliphatic carbocycles. The van der Waals surface area contributed by atoms with Crippen molar-refractivity contribution in [2.24, 2.45) is 0 Å². The first-order chi connectivity index (χ1) is 9.49. The molecular weight excluding hydrogens is 272 g/mol. The van der Waals surface area contributed by atoms with E-state index in [9.17, 15) is 17.6 Å². The molecule has 20 heavy (non-hydrogen) atoms. The molecule has 2 rings (SSSR count). The SMILES string of the molecule is C[C@H](Cc1ccccc1)Nc1c(F)c(F)nc(F)c1F. The molecule has 0 spiro atoms. The number of anilines is 1. The third-order valence-corrected chi connectivity index (χ3v) is 2.77. The van der Waals surface area contributed by atoms with Gasteiger partial charge in [-0.3, -0.25) is 0 Å². The van der Waals surface area contributed by atoms with E-state index in [-0.39, 0.29) is 0 Å². The Hall–Kier alpha value is -2.11. The summed E-state index contributed by atoms with van der Waals surface area (Å²) in [6.45, 7) is 1.65. The van der Waals surface area contributed by atoms with Crippen molar-refractivity contribution in [3.8, 4) is 0 Å². The van der Waals surface area contributed by atoms with E-state index in [1.807, 2.05) is 30.3 Å².